The number of benzene rings is 3. The summed E-state index contributed by atoms with van der Waals surface area (Å²) in [7, 11) is 0. The molecule has 0 saturated carbocycles. The first kappa shape index (κ1) is 20.0. The fourth-order valence-electron chi connectivity index (χ4n) is 3.79. The molecule has 3 aromatic rings. The first-order valence-corrected chi connectivity index (χ1v) is 10.4. The molecule has 0 bridgehead atoms. The van der Waals surface area contributed by atoms with E-state index in [1.807, 2.05) is 66.7 Å². The summed E-state index contributed by atoms with van der Waals surface area (Å²) in [6, 6.07) is 25.9. The van der Waals surface area contributed by atoms with Crippen LogP contribution in [0.25, 0.3) is 0 Å². The molecule has 1 atom stereocenters. The average Bonchev–Trinajstić information content (AvgIpc) is 3.18. The van der Waals surface area contributed by atoms with Crippen LogP contribution in [-0.2, 0) is 6.61 Å². The minimum Gasteiger partial charge on any atom is -0.485 e. The number of hydroxylamine groups is 3. The zero-order valence-electron chi connectivity index (χ0n) is 17.3. The van der Waals surface area contributed by atoms with Crippen molar-refractivity contribution in [2.75, 3.05) is 25.4 Å². The number of rotatable bonds is 8. The predicted molar refractivity (Wildman–Crippen MR) is 120 cm³/mol. The second-order valence-electron chi connectivity index (χ2n) is 7.48. The van der Waals surface area contributed by atoms with E-state index in [-0.39, 0.29) is 0 Å². The summed E-state index contributed by atoms with van der Waals surface area (Å²) in [6.45, 7) is 5.01. The first-order valence-electron chi connectivity index (χ1n) is 10.4. The van der Waals surface area contributed by atoms with Crippen LogP contribution in [0.1, 0.15) is 24.5 Å². The molecule has 1 aliphatic rings. The molecule has 0 saturated heterocycles. The number of hydrogen-bond donors (Lipinski definition) is 1. The fraction of sp³-hybridized carbons (Fsp3) is 0.240. The first-order chi connectivity index (χ1) is 14.7. The van der Waals surface area contributed by atoms with Crippen molar-refractivity contribution in [1.29, 1.82) is 0 Å². The van der Waals surface area contributed by atoms with Gasteiger partial charge in [0.25, 0.3) is 5.84 Å². The molecule has 0 spiro atoms. The lowest BCUT2D eigenvalue weighted by Crippen LogP contribution is -2.54. The number of quaternary nitrogens is 1. The molecular formula is C25H28N3O2+. The molecule has 0 aromatic heterocycles. The minimum absolute atomic E-state index is 0.353. The Hall–Kier alpha value is -3.31. The minimum atomic E-state index is 0.353. The maximum absolute atomic E-state index is 6.67. The van der Waals surface area contributed by atoms with E-state index in [2.05, 4.69) is 19.1 Å². The van der Waals surface area contributed by atoms with Gasteiger partial charge in [0, 0.05) is 5.69 Å². The second-order valence-corrected chi connectivity index (χ2v) is 7.48. The van der Waals surface area contributed by atoms with Crippen LogP contribution in [-0.4, -0.2) is 30.1 Å². The van der Waals surface area contributed by atoms with Crippen LogP contribution in [0.4, 0.5) is 5.69 Å². The Morgan fingerprint density at radius 2 is 1.60 bits per heavy atom. The highest BCUT2D eigenvalue weighted by molar-refractivity contribution is 5.94. The number of aliphatic imine (C=N–C) groups is 1. The Kier molecular flexibility index (Phi) is 6.00. The lowest BCUT2D eigenvalue weighted by atomic mass is 10.1. The average molecular weight is 403 g/mol. The largest absolute Gasteiger partial charge is 0.485 e. The van der Waals surface area contributed by atoms with E-state index in [0.717, 1.165) is 60.2 Å². The van der Waals surface area contributed by atoms with E-state index in [0.29, 0.717) is 11.3 Å². The van der Waals surface area contributed by atoms with Crippen LogP contribution in [0.2, 0.25) is 0 Å². The third kappa shape index (κ3) is 4.31. The van der Waals surface area contributed by atoms with Crippen molar-refractivity contribution in [2.24, 2.45) is 4.99 Å². The van der Waals surface area contributed by atoms with Gasteiger partial charge in [-0.2, -0.15) is 0 Å². The fourth-order valence-corrected chi connectivity index (χ4v) is 3.79. The molecule has 2 N–H and O–H groups in total. The van der Waals surface area contributed by atoms with Crippen molar-refractivity contribution in [3.05, 3.63) is 90.0 Å². The quantitative estimate of drug-likeness (QED) is 0.434. The van der Waals surface area contributed by atoms with E-state index in [1.165, 1.54) is 0 Å². The van der Waals surface area contributed by atoms with Crippen LogP contribution < -0.4 is 15.3 Å². The number of amidine groups is 1. The summed E-state index contributed by atoms with van der Waals surface area (Å²) in [5, 5.41) is 0. The highest BCUT2D eigenvalue weighted by Gasteiger charge is 2.43. The van der Waals surface area contributed by atoms with Crippen LogP contribution in [0.15, 0.2) is 83.9 Å². The van der Waals surface area contributed by atoms with Gasteiger partial charge in [0.2, 0.25) is 5.75 Å². The van der Waals surface area contributed by atoms with Gasteiger partial charge in [0.15, 0.2) is 5.75 Å². The highest BCUT2D eigenvalue weighted by atomic mass is 16.7. The van der Waals surface area contributed by atoms with E-state index in [4.69, 9.17) is 20.3 Å². The van der Waals surface area contributed by atoms with E-state index in [9.17, 15) is 0 Å². The van der Waals surface area contributed by atoms with Gasteiger partial charge in [-0.1, -0.05) is 54.0 Å². The molecule has 1 unspecified atom stereocenters. The summed E-state index contributed by atoms with van der Waals surface area (Å²) < 4.78 is 6.48. The van der Waals surface area contributed by atoms with Crippen molar-refractivity contribution in [2.45, 2.75) is 20.0 Å². The second kappa shape index (κ2) is 9.01. The summed E-state index contributed by atoms with van der Waals surface area (Å²) in [5.74, 6) is 2.40. The SMILES string of the molecule is CCC[N+]1(Oc2ccccc2OCc2ccccc2)CCN=C1c1ccc(N)cc1. The van der Waals surface area contributed by atoms with Crippen molar-refractivity contribution < 1.29 is 14.2 Å². The smallest absolute Gasteiger partial charge is 0.272 e. The summed E-state index contributed by atoms with van der Waals surface area (Å²) in [6.07, 6.45) is 0.973. The molecule has 5 heteroatoms. The Balaban J connectivity index is 1.60. The molecule has 0 fully saturated rings. The third-order valence-electron chi connectivity index (χ3n) is 5.22. The topological polar surface area (TPSA) is 56.8 Å². The van der Waals surface area contributed by atoms with Crippen molar-refractivity contribution in [3.63, 3.8) is 0 Å². The summed E-state index contributed by atoms with van der Waals surface area (Å²) >= 11 is 0. The number of para-hydroxylation sites is 2. The number of nitrogens with two attached hydrogens (primary N) is 1. The maximum atomic E-state index is 6.67. The molecule has 0 amide bonds. The van der Waals surface area contributed by atoms with Crippen LogP contribution in [0.5, 0.6) is 11.5 Å². The Morgan fingerprint density at radius 1 is 0.900 bits per heavy atom. The lowest BCUT2D eigenvalue weighted by Gasteiger charge is -2.32. The predicted octanol–water partition coefficient (Wildman–Crippen LogP) is 4.83. The Bertz CT molecular complexity index is 1000. The van der Waals surface area contributed by atoms with Gasteiger partial charge >= 0.3 is 0 Å². The number of ether oxygens (including phenoxy) is 1. The van der Waals surface area contributed by atoms with Crippen molar-refractivity contribution in [1.82, 2.24) is 0 Å². The van der Waals surface area contributed by atoms with Crippen LogP contribution in [0.3, 0.4) is 0 Å². The van der Waals surface area contributed by atoms with Crippen molar-refractivity contribution >= 4 is 11.5 Å². The molecule has 1 heterocycles. The zero-order valence-corrected chi connectivity index (χ0v) is 17.3. The number of nitrogens with zero attached hydrogens (tertiary/aromatic N) is 2. The van der Waals surface area contributed by atoms with Gasteiger partial charge in [-0.3, -0.25) is 0 Å². The molecule has 0 aliphatic carbocycles. The molecule has 1 aliphatic heterocycles. The number of nitrogen functional groups attached to an aromatic ring is 1. The molecule has 154 valence electrons. The normalized spacial score (nSPS) is 18.1. The lowest BCUT2D eigenvalue weighted by molar-refractivity contribution is -1.000. The Labute approximate surface area is 177 Å². The van der Waals surface area contributed by atoms with Gasteiger partial charge in [-0.15, -0.1) is 0 Å². The van der Waals surface area contributed by atoms with Crippen molar-refractivity contribution in [3.8, 4) is 11.5 Å². The van der Waals surface area contributed by atoms with Crippen LogP contribution in [0, 0.1) is 0 Å². The zero-order chi connectivity index (χ0) is 20.8. The third-order valence-corrected chi connectivity index (χ3v) is 5.22. The highest BCUT2D eigenvalue weighted by Crippen LogP contribution is 2.33. The molecule has 5 nitrogen and oxygen atoms in total. The van der Waals surface area contributed by atoms with Gasteiger partial charge < -0.3 is 15.3 Å². The molecule has 0 radical (unpaired) electrons. The number of hydrogen-bond acceptors (Lipinski definition) is 4. The van der Waals surface area contributed by atoms with Gasteiger partial charge in [-0.05, 0) is 48.4 Å². The summed E-state index contributed by atoms with van der Waals surface area (Å²) in [4.78, 5) is 11.5. The van der Waals surface area contributed by atoms with Gasteiger partial charge in [0.1, 0.15) is 19.7 Å². The maximum Gasteiger partial charge on any atom is 0.272 e. The standard InChI is InChI=1S/C25H28N3O2/c1-2-17-28(18-16-27-25(28)21-12-14-22(26)15-13-21)30-24-11-7-6-10-23(24)29-19-20-8-4-3-5-9-20/h3-15H,2,16-19,26H2,1H3/q+1. The van der Waals surface area contributed by atoms with E-state index < -0.39 is 0 Å². The van der Waals surface area contributed by atoms with Crippen LogP contribution >= 0.6 is 0 Å². The molecular weight excluding hydrogens is 374 g/mol. The number of anilines is 1. The van der Waals surface area contributed by atoms with E-state index >= 15 is 0 Å². The van der Waals surface area contributed by atoms with E-state index in [1.54, 1.807) is 0 Å². The Morgan fingerprint density at radius 3 is 2.33 bits per heavy atom. The monoisotopic (exact) mass is 402 g/mol. The molecule has 4 rings (SSSR count). The molecule has 3 aromatic carbocycles. The molecule has 30 heavy (non-hydrogen) atoms. The summed E-state index contributed by atoms with van der Waals surface area (Å²) in [5.41, 5.74) is 8.79. The van der Waals surface area contributed by atoms with Gasteiger partial charge in [0.05, 0.1) is 12.1 Å². The van der Waals surface area contributed by atoms with Gasteiger partial charge in [-0.25, -0.2) is 4.99 Å².